The topological polar surface area (TPSA) is 48.0 Å². The molecular formula is C9H12N2O. The highest BCUT2D eigenvalue weighted by atomic mass is 16.1. The van der Waals surface area contributed by atoms with Gasteiger partial charge in [0.15, 0.2) is 0 Å². The molecule has 1 aromatic rings. The van der Waals surface area contributed by atoms with Gasteiger partial charge in [0.2, 0.25) is 0 Å². The maximum absolute atomic E-state index is 11.4. The molecular weight excluding hydrogens is 152 g/mol. The maximum atomic E-state index is 11.4. The summed E-state index contributed by atoms with van der Waals surface area (Å²) >= 11 is 0. The van der Waals surface area contributed by atoms with E-state index in [1.807, 2.05) is 17.6 Å². The second kappa shape index (κ2) is 2.37. The minimum atomic E-state index is 0.0370. The average Bonchev–Trinajstić information content (AvgIpc) is 2.68. The lowest BCUT2D eigenvalue weighted by Crippen LogP contribution is -2.20. The van der Waals surface area contributed by atoms with Crippen LogP contribution in [-0.4, -0.2) is 4.57 Å². The zero-order valence-corrected chi connectivity index (χ0v) is 7.08. The minimum Gasteiger partial charge on any atom is -0.399 e. The monoisotopic (exact) mass is 164 g/mol. The first kappa shape index (κ1) is 7.40. The lowest BCUT2D eigenvalue weighted by atomic mass is 10.3. The van der Waals surface area contributed by atoms with E-state index in [-0.39, 0.29) is 5.56 Å². The SMILES string of the molecule is Cc1cc(N)cc(=O)n1C1CC1. The molecule has 2 N–H and O–H groups in total. The van der Waals surface area contributed by atoms with Gasteiger partial charge in [-0.15, -0.1) is 0 Å². The van der Waals surface area contributed by atoms with Crippen molar-refractivity contribution in [1.29, 1.82) is 0 Å². The molecule has 0 unspecified atom stereocenters. The first-order valence-corrected chi connectivity index (χ1v) is 4.17. The molecule has 0 amide bonds. The molecule has 0 atom stereocenters. The number of hydrogen-bond acceptors (Lipinski definition) is 2. The van der Waals surface area contributed by atoms with Gasteiger partial charge < -0.3 is 10.3 Å². The van der Waals surface area contributed by atoms with Crippen LogP contribution < -0.4 is 11.3 Å². The highest BCUT2D eigenvalue weighted by molar-refractivity contribution is 5.37. The number of hydrogen-bond donors (Lipinski definition) is 1. The van der Waals surface area contributed by atoms with Crippen LogP contribution in [0.25, 0.3) is 0 Å². The zero-order chi connectivity index (χ0) is 8.72. The molecule has 0 spiro atoms. The summed E-state index contributed by atoms with van der Waals surface area (Å²) in [5.74, 6) is 0. The van der Waals surface area contributed by atoms with Gasteiger partial charge in [0, 0.05) is 23.5 Å². The van der Waals surface area contributed by atoms with Crippen molar-refractivity contribution in [3.8, 4) is 0 Å². The summed E-state index contributed by atoms with van der Waals surface area (Å²) < 4.78 is 1.83. The van der Waals surface area contributed by atoms with Crippen LogP contribution in [0, 0.1) is 6.92 Å². The Bertz CT molecular complexity index is 363. The summed E-state index contributed by atoms with van der Waals surface area (Å²) in [6, 6.07) is 3.78. The first-order valence-electron chi connectivity index (χ1n) is 4.17. The van der Waals surface area contributed by atoms with Crippen molar-refractivity contribution in [1.82, 2.24) is 4.57 Å². The first-order chi connectivity index (χ1) is 5.68. The van der Waals surface area contributed by atoms with Crippen LogP contribution >= 0.6 is 0 Å². The fraction of sp³-hybridized carbons (Fsp3) is 0.444. The molecule has 12 heavy (non-hydrogen) atoms. The van der Waals surface area contributed by atoms with Crippen molar-refractivity contribution in [3.05, 3.63) is 28.2 Å². The average molecular weight is 164 g/mol. The Morgan fingerprint density at radius 2 is 2.17 bits per heavy atom. The Balaban J connectivity index is 2.59. The normalized spacial score (nSPS) is 16.4. The quantitative estimate of drug-likeness (QED) is 0.675. The van der Waals surface area contributed by atoms with Crippen molar-refractivity contribution in [2.24, 2.45) is 0 Å². The van der Waals surface area contributed by atoms with Crippen molar-refractivity contribution in [2.75, 3.05) is 5.73 Å². The Kier molecular flexibility index (Phi) is 1.46. The molecule has 3 nitrogen and oxygen atoms in total. The number of aromatic nitrogens is 1. The second-order valence-corrected chi connectivity index (χ2v) is 3.37. The molecule has 1 aromatic heterocycles. The molecule has 0 saturated heterocycles. The van der Waals surface area contributed by atoms with E-state index in [0.717, 1.165) is 18.5 Å². The standard InChI is InChI=1S/C9H12N2O/c1-6-4-7(10)5-9(12)11(6)8-2-3-8/h4-5,8H,2-3,10H2,1H3. The lowest BCUT2D eigenvalue weighted by Gasteiger charge is -2.07. The Hall–Kier alpha value is -1.25. The van der Waals surface area contributed by atoms with Gasteiger partial charge in [-0.25, -0.2) is 0 Å². The molecule has 64 valence electrons. The molecule has 0 aromatic carbocycles. The summed E-state index contributed by atoms with van der Waals surface area (Å²) in [6.07, 6.45) is 2.26. The summed E-state index contributed by atoms with van der Waals surface area (Å²) in [4.78, 5) is 11.4. The van der Waals surface area contributed by atoms with E-state index >= 15 is 0 Å². The van der Waals surface area contributed by atoms with E-state index in [1.165, 1.54) is 6.07 Å². The summed E-state index contributed by atoms with van der Waals surface area (Å²) in [6.45, 7) is 1.93. The predicted octanol–water partition coefficient (Wildman–Crippen LogP) is 1.07. The summed E-state index contributed by atoms with van der Waals surface area (Å²) in [5, 5.41) is 0. The van der Waals surface area contributed by atoms with Crippen LogP contribution in [0.5, 0.6) is 0 Å². The van der Waals surface area contributed by atoms with Gasteiger partial charge in [0.1, 0.15) is 0 Å². The Morgan fingerprint density at radius 1 is 1.50 bits per heavy atom. The molecule has 0 radical (unpaired) electrons. The van der Waals surface area contributed by atoms with Gasteiger partial charge in [-0.05, 0) is 25.8 Å². The van der Waals surface area contributed by atoms with Gasteiger partial charge in [0.25, 0.3) is 5.56 Å². The summed E-state index contributed by atoms with van der Waals surface area (Å²) in [7, 11) is 0. The van der Waals surface area contributed by atoms with Crippen LogP contribution in [0.1, 0.15) is 24.6 Å². The zero-order valence-electron chi connectivity index (χ0n) is 7.08. The predicted molar refractivity (Wildman–Crippen MR) is 48.1 cm³/mol. The number of aryl methyl sites for hydroxylation is 1. The molecule has 2 rings (SSSR count). The van der Waals surface area contributed by atoms with Crippen LogP contribution in [0.15, 0.2) is 16.9 Å². The lowest BCUT2D eigenvalue weighted by molar-refractivity contribution is 0.683. The van der Waals surface area contributed by atoms with Crippen LogP contribution in [0.4, 0.5) is 5.69 Å². The van der Waals surface area contributed by atoms with Crippen LogP contribution in [0.2, 0.25) is 0 Å². The fourth-order valence-corrected chi connectivity index (χ4v) is 1.54. The highest BCUT2D eigenvalue weighted by Gasteiger charge is 2.25. The number of rotatable bonds is 1. The van der Waals surface area contributed by atoms with E-state index in [9.17, 15) is 4.79 Å². The van der Waals surface area contributed by atoms with E-state index in [2.05, 4.69) is 0 Å². The Morgan fingerprint density at radius 3 is 2.67 bits per heavy atom. The van der Waals surface area contributed by atoms with E-state index < -0.39 is 0 Å². The molecule has 1 fully saturated rings. The molecule has 0 bridgehead atoms. The number of nitrogens with zero attached hydrogens (tertiary/aromatic N) is 1. The van der Waals surface area contributed by atoms with Crippen LogP contribution in [-0.2, 0) is 0 Å². The third-order valence-corrected chi connectivity index (χ3v) is 2.20. The number of pyridine rings is 1. The minimum absolute atomic E-state index is 0.0370. The summed E-state index contributed by atoms with van der Waals surface area (Å²) in [5.41, 5.74) is 7.11. The largest absolute Gasteiger partial charge is 0.399 e. The van der Waals surface area contributed by atoms with Gasteiger partial charge in [0.05, 0.1) is 0 Å². The third-order valence-electron chi connectivity index (χ3n) is 2.20. The smallest absolute Gasteiger partial charge is 0.253 e. The molecule has 1 saturated carbocycles. The fourth-order valence-electron chi connectivity index (χ4n) is 1.54. The van der Waals surface area contributed by atoms with E-state index in [4.69, 9.17) is 5.73 Å². The van der Waals surface area contributed by atoms with Gasteiger partial charge in [-0.3, -0.25) is 4.79 Å². The molecule has 1 heterocycles. The Labute approximate surface area is 70.8 Å². The van der Waals surface area contributed by atoms with Gasteiger partial charge in [-0.2, -0.15) is 0 Å². The van der Waals surface area contributed by atoms with Crippen molar-refractivity contribution in [2.45, 2.75) is 25.8 Å². The second-order valence-electron chi connectivity index (χ2n) is 3.37. The number of nitrogen functional groups attached to an aromatic ring is 1. The van der Waals surface area contributed by atoms with Crippen molar-refractivity contribution >= 4 is 5.69 Å². The van der Waals surface area contributed by atoms with E-state index in [1.54, 1.807) is 0 Å². The molecule has 1 aliphatic carbocycles. The van der Waals surface area contributed by atoms with Gasteiger partial charge >= 0.3 is 0 Å². The van der Waals surface area contributed by atoms with Crippen molar-refractivity contribution < 1.29 is 0 Å². The number of nitrogens with two attached hydrogens (primary N) is 1. The molecule has 3 heteroatoms. The van der Waals surface area contributed by atoms with Gasteiger partial charge in [-0.1, -0.05) is 0 Å². The molecule has 1 aliphatic rings. The highest BCUT2D eigenvalue weighted by Crippen LogP contribution is 2.34. The van der Waals surface area contributed by atoms with Crippen LogP contribution in [0.3, 0.4) is 0 Å². The maximum Gasteiger partial charge on any atom is 0.253 e. The van der Waals surface area contributed by atoms with E-state index in [0.29, 0.717) is 11.7 Å². The molecule has 0 aliphatic heterocycles. The number of anilines is 1. The third kappa shape index (κ3) is 1.11. The van der Waals surface area contributed by atoms with Crippen molar-refractivity contribution in [3.63, 3.8) is 0 Å².